The van der Waals surface area contributed by atoms with Crippen LogP contribution in [0.1, 0.15) is 23.8 Å². The number of pyridine rings is 1. The third kappa shape index (κ3) is 4.68. The van der Waals surface area contributed by atoms with Gasteiger partial charge in [-0.05, 0) is 31.7 Å². The molecule has 0 amide bonds. The Bertz CT molecular complexity index is 578. The Labute approximate surface area is 135 Å². The molecule has 0 saturated heterocycles. The fourth-order valence-corrected chi connectivity index (χ4v) is 2.56. The summed E-state index contributed by atoms with van der Waals surface area (Å²) in [6.45, 7) is 1.48. The fraction of sp³-hybridized carbons (Fsp3) is 0.312. The highest BCUT2D eigenvalue weighted by Gasteiger charge is 2.14. The topological polar surface area (TPSA) is 36.4 Å². The van der Waals surface area contributed by atoms with Crippen molar-refractivity contribution in [3.8, 4) is 0 Å². The van der Waals surface area contributed by atoms with Gasteiger partial charge in [0.1, 0.15) is 0 Å². The first-order valence-electron chi connectivity index (χ1n) is 6.78. The summed E-state index contributed by atoms with van der Waals surface area (Å²) in [5.74, 6) is 0. The van der Waals surface area contributed by atoms with Crippen LogP contribution in [-0.4, -0.2) is 28.6 Å². The van der Waals surface area contributed by atoms with E-state index in [-0.39, 0.29) is 0 Å². The van der Waals surface area contributed by atoms with Crippen LogP contribution in [0.15, 0.2) is 42.6 Å². The Morgan fingerprint density at radius 1 is 1.19 bits per heavy atom. The zero-order valence-corrected chi connectivity index (χ0v) is 13.3. The van der Waals surface area contributed by atoms with Crippen LogP contribution in [0, 0.1) is 0 Å². The molecule has 2 aromatic rings. The van der Waals surface area contributed by atoms with E-state index in [1.54, 1.807) is 24.4 Å². The molecule has 5 heteroatoms. The summed E-state index contributed by atoms with van der Waals surface area (Å²) in [5, 5.41) is 11.2. The molecule has 0 aliphatic heterocycles. The zero-order chi connectivity index (χ0) is 15.2. The quantitative estimate of drug-likeness (QED) is 0.874. The second-order valence-electron chi connectivity index (χ2n) is 5.01. The number of aliphatic hydroxyl groups is 1. The zero-order valence-electron chi connectivity index (χ0n) is 11.8. The standard InChI is InChI=1S/C16H18Cl2N2O/c1-20(11-12-5-2-3-9-19-12)10-8-15(21)13-6-4-7-14(17)16(13)18/h2-7,9,15,21H,8,10-11H2,1H3. The van der Waals surface area contributed by atoms with E-state index in [0.29, 0.717) is 22.0 Å². The van der Waals surface area contributed by atoms with Gasteiger partial charge in [-0.2, -0.15) is 0 Å². The van der Waals surface area contributed by atoms with Crippen molar-refractivity contribution in [2.24, 2.45) is 0 Å². The van der Waals surface area contributed by atoms with Gasteiger partial charge >= 0.3 is 0 Å². The number of hydrogen-bond acceptors (Lipinski definition) is 3. The number of aliphatic hydroxyl groups excluding tert-OH is 1. The Kier molecular flexibility index (Phi) is 6.00. The SMILES string of the molecule is CN(CCC(O)c1cccc(Cl)c1Cl)Cc1ccccn1. The van der Waals surface area contributed by atoms with Crippen molar-refractivity contribution in [1.29, 1.82) is 0 Å². The summed E-state index contributed by atoms with van der Waals surface area (Å²) < 4.78 is 0. The van der Waals surface area contributed by atoms with Gasteiger partial charge in [0.25, 0.3) is 0 Å². The van der Waals surface area contributed by atoms with Crippen LogP contribution in [0.5, 0.6) is 0 Å². The monoisotopic (exact) mass is 324 g/mol. The first kappa shape index (κ1) is 16.2. The Hall–Kier alpha value is -1.13. The first-order valence-corrected chi connectivity index (χ1v) is 7.54. The van der Waals surface area contributed by atoms with Gasteiger partial charge < -0.3 is 10.0 Å². The van der Waals surface area contributed by atoms with Crippen LogP contribution in [0.4, 0.5) is 0 Å². The third-order valence-electron chi connectivity index (χ3n) is 3.28. The molecule has 2 rings (SSSR count). The van der Waals surface area contributed by atoms with Crippen molar-refractivity contribution < 1.29 is 5.11 Å². The number of benzene rings is 1. The molecule has 1 aromatic carbocycles. The minimum Gasteiger partial charge on any atom is -0.388 e. The normalized spacial score (nSPS) is 12.6. The van der Waals surface area contributed by atoms with E-state index in [0.717, 1.165) is 18.8 Å². The molecule has 1 atom stereocenters. The fourth-order valence-electron chi connectivity index (χ4n) is 2.12. The number of hydrogen-bond donors (Lipinski definition) is 1. The number of aromatic nitrogens is 1. The number of halogens is 2. The molecule has 1 unspecified atom stereocenters. The lowest BCUT2D eigenvalue weighted by atomic mass is 10.1. The molecule has 0 saturated carbocycles. The molecule has 112 valence electrons. The Balaban J connectivity index is 1.89. The third-order valence-corrected chi connectivity index (χ3v) is 4.12. The van der Waals surface area contributed by atoms with E-state index in [1.807, 2.05) is 25.2 Å². The molecule has 0 aliphatic rings. The second kappa shape index (κ2) is 7.76. The largest absolute Gasteiger partial charge is 0.388 e. The molecular formula is C16H18Cl2N2O. The first-order chi connectivity index (χ1) is 10.1. The van der Waals surface area contributed by atoms with Crippen molar-refractivity contribution in [3.63, 3.8) is 0 Å². The molecule has 1 aromatic heterocycles. The number of rotatable bonds is 6. The summed E-state index contributed by atoms with van der Waals surface area (Å²) in [6.07, 6.45) is 1.75. The van der Waals surface area contributed by atoms with E-state index < -0.39 is 6.10 Å². The molecular weight excluding hydrogens is 307 g/mol. The van der Waals surface area contributed by atoms with Crippen LogP contribution in [-0.2, 0) is 6.54 Å². The molecule has 1 N–H and O–H groups in total. The molecule has 21 heavy (non-hydrogen) atoms. The molecule has 1 heterocycles. The molecule has 0 aliphatic carbocycles. The minimum absolute atomic E-state index is 0.430. The summed E-state index contributed by atoms with van der Waals surface area (Å²) in [6, 6.07) is 11.2. The van der Waals surface area contributed by atoms with E-state index in [2.05, 4.69) is 9.88 Å². The highest BCUT2D eigenvalue weighted by molar-refractivity contribution is 6.42. The van der Waals surface area contributed by atoms with Crippen LogP contribution in [0.3, 0.4) is 0 Å². The highest BCUT2D eigenvalue weighted by Crippen LogP contribution is 2.31. The van der Waals surface area contributed by atoms with Crippen LogP contribution in [0.2, 0.25) is 10.0 Å². The number of nitrogens with zero attached hydrogens (tertiary/aromatic N) is 2. The second-order valence-corrected chi connectivity index (χ2v) is 5.79. The lowest BCUT2D eigenvalue weighted by Crippen LogP contribution is -2.21. The van der Waals surface area contributed by atoms with Crippen LogP contribution < -0.4 is 0 Å². The van der Waals surface area contributed by atoms with E-state index in [4.69, 9.17) is 23.2 Å². The van der Waals surface area contributed by atoms with Crippen molar-refractivity contribution in [3.05, 3.63) is 63.9 Å². The lowest BCUT2D eigenvalue weighted by molar-refractivity contribution is 0.147. The minimum atomic E-state index is -0.623. The maximum absolute atomic E-state index is 10.3. The lowest BCUT2D eigenvalue weighted by Gasteiger charge is -2.19. The van der Waals surface area contributed by atoms with E-state index in [1.165, 1.54) is 0 Å². The van der Waals surface area contributed by atoms with E-state index >= 15 is 0 Å². The molecule has 0 spiro atoms. The molecule has 0 radical (unpaired) electrons. The molecule has 0 fully saturated rings. The molecule has 0 bridgehead atoms. The summed E-state index contributed by atoms with van der Waals surface area (Å²) in [5.41, 5.74) is 1.69. The van der Waals surface area contributed by atoms with Gasteiger partial charge in [0.05, 0.1) is 21.8 Å². The predicted molar refractivity (Wildman–Crippen MR) is 86.6 cm³/mol. The van der Waals surface area contributed by atoms with Crippen molar-refractivity contribution in [2.75, 3.05) is 13.6 Å². The van der Waals surface area contributed by atoms with Crippen molar-refractivity contribution >= 4 is 23.2 Å². The van der Waals surface area contributed by atoms with Gasteiger partial charge in [0, 0.05) is 24.8 Å². The maximum Gasteiger partial charge on any atom is 0.0817 e. The smallest absolute Gasteiger partial charge is 0.0817 e. The Morgan fingerprint density at radius 3 is 2.71 bits per heavy atom. The predicted octanol–water partition coefficient (Wildman–Crippen LogP) is 3.94. The van der Waals surface area contributed by atoms with Gasteiger partial charge in [0.15, 0.2) is 0 Å². The van der Waals surface area contributed by atoms with Crippen molar-refractivity contribution in [2.45, 2.75) is 19.1 Å². The average molecular weight is 325 g/mol. The average Bonchev–Trinajstić information content (AvgIpc) is 2.48. The van der Waals surface area contributed by atoms with Gasteiger partial charge in [-0.3, -0.25) is 4.98 Å². The van der Waals surface area contributed by atoms with Crippen LogP contribution >= 0.6 is 23.2 Å². The highest BCUT2D eigenvalue weighted by atomic mass is 35.5. The maximum atomic E-state index is 10.3. The van der Waals surface area contributed by atoms with Gasteiger partial charge in [-0.15, -0.1) is 0 Å². The van der Waals surface area contributed by atoms with Crippen molar-refractivity contribution in [1.82, 2.24) is 9.88 Å². The molecule has 3 nitrogen and oxygen atoms in total. The van der Waals surface area contributed by atoms with Gasteiger partial charge in [0.2, 0.25) is 0 Å². The van der Waals surface area contributed by atoms with Crippen LogP contribution in [0.25, 0.3) is 0 Å². The van der Waals surface area contributed by atoms with Gasteiger partial charge in [-0.25, -0.2) is 0 Å². The van der Waals surface area contributed by atoms with Gasteiger partial charge in [-0.1, -0.05) is 41.4 Å². The van der Waals surface area contributed by atoms with E-state index in [9.17, 15) is 5.11 Å². The Morgan fingerprint density at radius 2 is 2.00 bits per heavy atom. The summed E-state index contributed by atoms with van der Waals surface area (Å²) >= 11 is 12.1. The summed E-state index contributed by atoms with van der Waals surface area (Å²) in [4.78, 5) is 6.40. The summed E-state index contributed by atoms with van der Waals surface area (Å²) in [7, 11) is 2.00.